The van der Waals surface area contributed by atoms with Crippen LogP contribution < -0.4 is 0 Å². The molecule has 1 atom stereocenters. The summed E-state index contributed by atoms with van der Waals surface area (Å²) in [6.45, 7) is 10.3. The van der Waals surface area contributed by atoms with Crippen molar-refractivity contribution in [1.29, 1.82) is 0 Å². The Kier molecular flexibility index (Phi) is 3.53. The number of rotatable bonds is 4. The molecule has 0 heterocycles. The molecule has 1 rings (SSSR count). The van der Waals surface area contributed by atoms with E-state index in [1.807, 2.05) is 36.4 Å². The van der Waals surface area contributed by atoms with Crippen molar-refractivity contribution in [2.45, 2.75) is 31.3 Å². The minimum absolute atomic E-state index is 0.632. The summed E-state index contributed by atoms with van der Waals surface area (Å²) in [6.07, 6.45) is 2.44. The molecule has 0 fully saturated rings. The van der Waals surface area contributed by atoms with Crippen molar-refractivity contribution in [2.75, 3.05) is 0 Å². The smallest absolute Gasteiger partial charge is 0.0882 e. The third-order valence-corrected chi connectivity index (χ3v) is 5.91. The van der Waals surface area contributed by atoms with Gasteiger partial charge >= 0.3 is 0 Å². The van der Waals surface area contributed by atoms with Gasteiger partial charge in [0.15, 0.2) is 0 Å². The molecule has 1 aromatic carbocycles. The van der Waals surface area contributed by atoms with Gasteiger partial charge in [0.2, 0.25) is 0 Å². The van der Waals surface area contributed by atoms with E-state index in [9.17, 15) is 5.11 Å². The van der Waals surface area contributed by atoms with Crippen LogP contribution in [0.4, 0.5) is 0 Å². The minimum Gasteiger partial charge on any atom is -0.388 e. The van der Waals surface area contributed by atoms with Gasteiger partial charge in [0, 0.05) is 0 Å². The van der Waals surface area contributed by atoms with Gasteiger partial charge in [-0.1, -0.05) is 56.0 Å². The normalized spacial score (nSPS) is 15.7. The number of hydrogen-bond acceptors (Lipinski definition) is 1. The van der Waals surface area contributed by atoms with Crippen LogP contribution in [0.3, 0.4) is 0 Å². The maximum Gasteiger partial charge on any atom is 0.0882 e. The van der Waals surface area contributed by atoms with E-state index in [2.05, 4.69) is 26.2 Å². The Morgan fingerprint density at radius 3 is 2.20 bits per heavy atom. The highest BCUT2D eigenvalue weighted by Crippen LogP contribution is 2.35. The summed E-state index contributed by atoms with van der Waals surface area (Å²) in [5.74, 6) is 0. The highest BCUT2D eigenvalue weighted by Gasteiger charge is 2.41. The quantitative estimate of drug-likeness (QED) is 0.609. The first-order valence-corrected chi connectivity index (χ1v) is 8.80. The summed E-state index contributed by atoms with van der Waals surface area (Å²) >= 11 is 0. The highest BCUT2D eigenvalue weighted by atomic mass is 28.3. The molecule has 0 saturated heterocycles. The molecule has 0 aromatic heterocycles. The zero-order valence-corrected chi connectivity index (χ0v) is 10.8. The van der Waals surface area contributed by atoms with E-state index in [4.69, 9.17) is 0 Å². The molecule has 0 aliphatic carbocycles. The Morgan fingerprint density at radius 2 is 1.80 bits per heavy atom. The lowest BCUT2D eigenvalue weighted by Gasteiger charge is -2.38. The molecule has 0 bridgehead atoms. The van der Waals surface area contributed by atoms with Gasteiger partial charge in [0.1, 0.15) is 0 Å². The average molecular weight is 220 g/mol. The van der Waals surface area contributed by atoms with E-state index in [1.165, 1.54) is 0 Å². The largest absolute Gasteiger partial charge is 0.388 e. The second-order valence-corrected chi connectivity index (χ2v) is 10.3. The first-order chi connectivity index (χ1) is 6.92. The van der Waals surface area contributed by atoms with E-state index in [0.717, 1.165) is 5.56 Å². The van der Waals surface area contributed by atoms with Gasteiger partial charge < -0.3 is 5.11 Å². The van der Waals surface area contributed by atoms with Crippen molar-refractivity contribution in [3.63, 3.8) is 0 Å². The maximum atomic E-state index is 10.8. The topological polar surface area (TPSA) is 20.2 Å². The van der Waals surface area contributed by atoms with Crippen LogP contribution in [0.1, 0.15) is 12.0 Å². The van der Waals surface area contributed by atoms with Crippen LogP contribution >= 0.6 is 0 Å². The van der Waals surface area contributed by atoms with Gasteiger partial charge in [-0.2, -0.15) is 0 Å². The second kappa shape index (κ2) is 4.33. The molecular weight excluding hydrogens is 200 g/mol. The fourth-order valence-electron chi connectivity index (χ4n) is 1.78. The molecule has 0 amide bonds. The van der Waals surface area contributed by atoms with Gasteiger partial charge in [-0.3, -0.25) is 0 Å². The van der Waals surface area contributed by atoms with Crippen LogP contribution in [0.2, 0.25) is 19.6 Å². The molecule has 1 unspecified atom stereocenters. The standard InChI is InChI=1S/C13H20OSi/c1-5-11-13(14,15(2,3)4)12-9-7-6-8-10-12/h5-10,14H,1,11H2,2-4H3. The summed E-state index contributed by atoms with van der Waals surface area (Å²) < 4.78 is 0. The predicted molar refractivity (Wildman–Crippen MR) is 68.5 cm³/mol. The van der Waals surface area contributed by atoms with Crippen LogP contribution in [0.15, 0.2) is 43.0 Å². The Balaban J connectivity index is 3.18. The molecule has 2 heteroatoms. The first kappa shape index (κ1) is 12.2. The molecular formula is C13H20OSi. The zero-order chi connectivity index (χ0) is 11.5. The summed E-state index contributed by atoms with van der Waals surface area (Å²) in [5, 5.41) is 10.1. The summed E-state index contributed by atoms with van der Waals surface area (Å²) in [5.41, 5.74) is 1.02. The van der Waals surface area contributed by atoms with E-state index < -0.39 is 13.3 Å². The Hall–Kier alpha value is -0.863. The third kappa shape index (κ3) is 2.39. The number of benzene rings is 1. The van der Waals surface area contributed by atoms with Crippen LogP contribution in [0.5, 0.6) is 0 Å². The third-order valence-electron chi connectivity index (χ3n) is 2.93. The fraction of sp³-hybridized carbons (Fsp3) is 0.385. The summed E-state index contributed by atoms with van der Waals surface area (Å²) in [6, 6.07) is 9.93. The summed E-state index contributed by atoms with van der Waals surface area (Å²) in [7, 11) is -1.69. The zero-order valence-electron chi connectivity index (χ0n) is 9.83. The van der Waals surface area contributed by atoms with Crippen molar-refractivity contribution in [1.82, 2.24) is 0 Å². The Labute approximate surface area is 93.5 Å². The Morgan fingerprint density at radius 1 is 1.27 bits per heavy atom. The van der Waals surface area contributed by atoms with E-state index in [-0.39, 0.29) is 0 Å². The van der Waals surface area contributed by atoms with Gasteiger partial charge in [-0.05, 0) is 12.0 Å². The van der Waals surface area contributed by atoms with E-state index in [0.29, 0.717) is 6.42 Å². The van der Waals surface area contributed by atoms with Crippen LogP contribution in [-0.4, -0.2) is 13.2 Å². The molecule has 1 nitrogen and oxygen atoms in total. The maximum absolute atomic E-state index is 10.8. The molecule has 0 saturated carbocycles. The molecule has 0 radical (unpaired) electrons. The first-order valence-electron chi connectivity index (χ1n) is 5.30. The fourth-order valence-corrected chi connectivity index (χ4v) is 3.57. The molecule has 1 aromatic rings. The van der Waals surface area contributed by atoms with Crippen LogP contribution in [0.25, 0.3) is 0 Å². The van der Waals surface area contributed by atoms with Gasteiger partial charge in [0.05, 0.1) is 13.3 Å². The van der Waals surface area contributed by atoms with Crippen LogP contribution in [0, 0.1) is 0 Å². The lowest BCUT2D eigenvalue weighted by molar-refractivity contribution is 0.118. The highest BCUT2D eigenvalue weighted by molar-refractivity contribution is 6.78. The number of hydrogen-bond donors (Lipinski definition) is 1. The van der Waals surface area contributed by atoms with E-state index >= 15 is 0 Å². The lowest BCUT2D eigenvalue weighted by atomic mass is 10.1. The van der Waals surface area contributed by atoms with Gasteiger partial charge in [-0.15, -0.1) is 6.58 Å². The minimum atomic E-state index is -1.69. The van der Waals surface area contributed by atoms with Crippen molar-refractivity contribution in [3.05, 3.63) is 48.6 Å². The predicted octanol–water partition coefficient (Wildman–Crippen LogP) is 3.33. The second-order valence-electron chi connectivity index (χ2n) is 4.97. The molecule has 0 aliphatic heterocycles. The number of aliphatic hydroxyl groups is 1. The van der Waals surface area contributed by atoms with Crippen molar-refractivity contribution >= 4 is 8.07 Å². The lowest BCUT2D eigenvalue weighted by Crippen LogP contribution is -2.49. The molecule has 15 heavy (non-hydrogen) atoms. The molecule has 82 valence electrons. The molecule has 0 spiro atoms. The SMILES string of the molecule is C=CCC(O)(c1ccccc1)[Si](C)(C)C. The van der Waals surface area contributed by atoms with Crippen molar-refractivity contribution < 1.29 is 5.11 Å². The monoisotopic (exact) mass is 220 g/mol. The average Bonchev–Trinajstić information content (AvgIpc) is 2.18. The van der Waals surface area contributed by atoms with Gasteiger partial charge in [0.25, 0.3) is 0 Å². The van der Waals surface area contributed by atoms with Crippen LogP contribution in [-0.2, 0) is 5.22 Å². The van der Waals surface area contributed by atoms with E-state index in [1.54, 1.807) is 0 Å². The summed E-state index contributed by atoms with van der Waals surface area (Å²) in [4.78, 5) is 0. The van der Waals surface area contributed by atoms with Gasteiger partial charge in [-0.25, -0.2) is 0 Å². The van der Waals surface area contributed by atoms with Crippen molar-refractivity contribution in [2.24, 2.45) is 0 Å². The van der Waals surface area contributed by atoms with Crippen molar-refractivity contribution in [3.8, 4) is 0 Å². The Bertz CT molecular complexity index is 326. The molecule has 0 aliphatic rings. The molecule has 1 N–H and O–H groups in total.